The Kier molecular flexibility index (Phi) is 5.42. The summed E-state index contributed by atoms with van der Waals surface area (Å²) >= 11 is 0. The Morgan fingerprint density at radius 3 is 2.36 bits per heavy atom. The standard InChI is InChI=1S/C10H17NO2S/c1-5-6-7-10(8-9(2)3)14(12,13)11-4/h5-9,11H,1H2,2-4H3/b7-6-,10-8+. The van der Waals surface area contributed by atoms with Crippen LogP contribution in [-0.2, 0) is 10.0 Å². The van der Waals surface area contributed by atoms with Gasteiger partial charge >= 0.3 is 0 Å². The van der Waals surface area contributed by atoms with E-state index >= 15 is 0 Å². The van der Waals surface area contributed by atoms with Crippen LogP contribution >= 0.6 is 0 Å². The molecule has 0 aromatic rings. The van der Waals surface area contributed by atoms with Gasteiger partial charge in [0.2, 0.25) is 10.0 Å². The van der Waals surface area contributed by atoms with Gasteiger partial charge in [-0.2, -0.15) is 0 Å². The molecule has 80 valence electrons. The number of hydrogen-bond donors (Lipinski definition) is 1. The largest absolute Gasteiger partial charge is 0.239 e. The molecule has 0 aliphatic rings. The fourth-order valence-electron chi connectivity index (χ4n) is 0.844. The zero-order valence-corrected chi connectivity index (χ0v) is 9.64. The number of sulfonamides is 1. The van der Waals surface area contributed by atoms with Crippen LogP contribution in [0, 0.1) is 5.92 Å². The van der Waals surface area contributed by atoms with Crippen molar-refractivity contribution in [2.45, 2.75) is 13.8 Å². The smallest absolute Gasteiger partial charge is 0.214 e. The molecule has 0 radical (unpaired) electrons. The lowest BCUT2D eigenvalue weighted by Crippen LogP contribution is -2.19. The maximum Gasteiger partial charge on any atom is 0.239 e. The molecule has 0 fully saturated rings. The Morgan fingerprint density at radius 2 is 2.00 bits per heavy atom. The van der Waals surface area contributed by atoms with E-state index in [-0.39, 0.29) is 10.8 Å². The summed E-state index contributed by atoms with van der Waals surface area (Å²) in [6.07, 6.45) is 6.35. The van der Waals surface area contributed by atoms with E-state index in [1.807, 2.05) is 13.8 Å². The normalized spacial score (nSPS) is 13.9. The minimum atomic E-state index is -3.35. The van der Waals surface area contributed by atoms with Gasteiger partial charge in [-0.1, -0.05) is 38.7 Å². The summed E-state index contributed by atoms with van der Waals surface area (Å²) in [5.41, 5.74) is 0. The fourth-order valence-corrected chi connectivity index (χ4v) is 1.79. The van der Waals surface area contributed by atoms with Crippen molar-refractivity contribution >= 4 is 10.0 Å². The van der Waals surface area contributed by atoms with Crippen molar-refractivity contribution < 1.29 is 8.42 Å². The summed E-state index contributed by atoms with van der Waals surface area (Å²) in [6, 6.07) is 0. The fraction of sp³-hybridized carbons (Fsp3) is 0.400. The maximum atomic E-state index is 11.5. The van der Waals surface area contributed by atoms with Gasteiger partial charge in [0.05, 0.1) is 4.91 Å². The van der Waals surface area contributed by atoms with E-state index in [4.69, 9.17) is 0 Å². The molecule has 0 saturated carbocycles. The summed E-state index contributed by atoms with van der Waals surface area (Å²) < 4.78 is 25.2. The molecular weight excluding hydrogens is 198 g/mol. The molecular formula is C10H17NO2S. The van der Waals surface area contributed by atoms with Gasteiger partial charge in [0.1, 0.15) is 0 Å². The van der Waals surface area contributed by atoms with E-state index in [1.165, 1.54) is 13.1 Å². The van der Waals surface area contributed by atoms with Gasteiger partial charge in [0.15, 0.2) is 0 Å². The van der Waals surface area contributed by atoms with Crippen molar-refractivity contribution in [3.63, 3.8) is 0 Å². The van der Waals surface area contributed by atoms with Crippen molar-refractivity contribution in [1.82, 2.24) is 4.72 Å². The highest BCUT2D eigenvalue weighted by atomic mass is 32.2. The molecule has 0 aromatic carbocycles. The quantitative estimate of drug-likeness (QED) is 0.711. The van der Waals surface area contributed by atoms with Gasteiger partial charge in [-0.25, -0.2) is 13.1 Å². The van der Waals surface area contributed by atoms with Crippen LogP contribution in [0.4, 0.5) is 0 Å². The first-order chi connectivity index (χ1) is 6.44. The van der Waals surface area contributed by atoms with Gasteiger partial charge in [0, 0.05) is 0 Å². The molecule has 0 rings (SSSR count). The average molecular weight is 215 g/mol. The second-order valence-corrected chi connectivity index (χ2v) is 5.00. The van der Waals surface area contributed by atoms with E-state index in [0.717, 1.165) is 0 Å². The van der Waals surface area contributed by atoms with Crippen LogP contribution in [-0.4, -0.2) is 15.5 Å². The molecule has 0 unspecified atom stereocenters. The van der Waals surface area contributed by atoms with Crippen LogP contribution in [0.3, 0.4) is 0 Å². The summed E-state index contributed by atoms with van der Waals surface area (Å²) in [6.45, 7) is 7.34. The van der Waals surface area contributed by atoms with Crippen molar-refractivity contribution in [1.29, 1.82) is 0 Å². The van der Waals surface area contributed by atoms with Crippen molar-refractivity contribution in [2.24, 2.45) is 5.92 Å². The molecule has 0 spiro atoms. The topological polar surface area (TPSA) is 46.2 Å². The van der Waals surface area contributed by atoms with E-state index in [1.54, 1.807) is 18.2 Å². The second kappa shape index (κ2) is 5.78. The molecule has 0 heterocycles. The second-order valence-electron chi connectivity index (χ2n) is 3.12. The Bertz CT molecular complexity index is 337. The molecule has 1 N–H and O–H groups in total. The lowest BCUT2D eigenvalue weighted by Gasteiger charge is -2.04. The molecule has 0 atom stereocenters. The zero-order chi connectivity index (χ0) is 11.2. The Morgan fingerprint density at radius 1 is 1.43 bits per heavy atom. The monoisotopic (exact) mass is 215 g/mol. The first-order valence-corrected chi connectivity index (χ1v) is 5.87. The third-order valence-corrected chi connectivity index (χ3v) is 2.90. The summed E-state index contributed by atoms with van der Waals surface area (Å²) in [5.74, 6) is 0.183. The molecule has 0 bridgehead atoms. The van der Waals surface area contributed by atoms with Crippen LogP contribution in [0.2, 0.25) is 0 Å². The minimum absolute atomic E-state index is 0.183. The van der Waals surface area contributed by atoms with Gasteiger partial charge < -0.3 is 0 Å². The van der Waals surface area contributed by atoms with Crippen molar-refractivity contribution in [2.75, 3.05) is 7.05 Å². The summed E-state index contributed by atoms with van der Waals surface area (Å²) in [4.78, 5) is 0.273. The Hall–Kier alpha value is -0.870. The minimum Gasteiger partial charge on any atom is -0.214 e. The molecule has 0 aliphatic carbocycles. The van der Waals surface area contributed by atoms with Crippen LogP contribution < -0.4 is 4.72 Å². The number of allylic oxidation sites excluding steroid dienone is 4. The first kappa shape index (κ1) is 13.1. The Labute approximate surface area is 86.3 Å². The molecule has 14 heavy (non-hydrogen) atoms. The van der Waals surface area contributed by atoms with E-state index in [2.05, 4.69) is 11.3 Å². The van der Waals surface area contributed by atoms with Crippen LogP contribution in [0.15, 0.2) is 35.8 Å². The number of rotatable bonds is 5. The highest BCUT2D eigenvalue weighted by Crippen LogP contribution is 2.10. The number of hydrogen-bond acceptors (Lipinski definition) is 2. The van der Waals surface area contributed by atoms with Crippen LogP contribution in [0.1, 0.15) is 13.8 Å². The van der Waals surface area contributed by atoms with Crippen molar-refractivity contribution in [3.8, 4) is 0 Å². The van der Waals surface area contributed by atoms with E-state index in [0.29, 0.717) is 0 Å². The highest BCUT2D eigenvalue weighted by Gasteiger charge is 2.11. The van der Waals surface area contributed by atoms with E-state index < -0.39 is 10.0 Å². The predicted octanol–water partition coefficient (Wildman–Crippen LogP) is 1.82. The van der Waals surface area contributed by atoms with Gasteiger partial charge in [-0.3, -0.25) is 0 Å². The molecule has 0 aliphatic heterocycles. The molecule has 0 amide bonds. The third-order valence-electron chi connectivity index (χ3n) is 1.47. The maximum absolute atomic E-state index is 11.5. The highest BCUT2D eigenvalue weighted by molar-refractivity contribution is 7.93. The third kappa shape index (κ3) is 4.39. The van der Waals surface area contributed by atoms with Gasteiger partial charge in [-0.15, -0.1) is 0 Å². The van der Waals surface area contributed by atoms with E-state index in [9.17, 15) is 8.42 Å². The van der Waals surface area contributed by atoms with Gasteiger partial charge in [-0.05, 0) is 19.0 Å². The van der Waals surface area contributed by atoms with Crippen LogP contribution in [0.5, 0.6) is 0 Å². The first-order valence-electron chi connectivity index (χ1n) is 4.38. The van der Waals surface area contributed by atoms with Crippen molar-refractivity contribution in [3.05, 3.63) is 35.8 Å². The SMILES string of the molecule is C=C/C=C\C(=C/C(C)C)S(=O)(=O)NC. The molecule has 0 aromatic heterocycles. The molecule has 4 heteroatoms. The number of nitrogens with one attached hydrogen (secondary N) is 1. The zero-order valence-electron chi connectivity index (χ0n) is 8.82. The lowest BCUT2D eigenvalue weighted by molar-refractivity contribution is 0.595. The van der Waals surface area contributed by atoms with Crippen LogP contribution in [0.25, 0.3) is 0 Å². The summed E-state index contributed by atoms with van der Waals surface area (Å²) in [7, 11) is -1.96. The van der Waals surface area contributed by atoms with Gasteiger partial charge in [0.25, 0.3) is 0 Å². The average Bonchev–Trinajstić information content (AvgIpc) is 2.11. The molecule has 0 saturated heterocycles. The molecule has 3 nitrogen and oxygen atoms in total. The predicted molar refractivity (Wildman–Crippen MR) is 60.2 cm³/mol. The lowest BCUT2D eigenvalue weighted by atomic mass is 10.2. The Balaban J connectivity index is 5.12. The summed E-state index contributed by atoms with van der Waals surface area (Å²) in [5, 5.41) is 0.